The molecular weight excluding hydrogens is 356 g/mol. The third-order valence-corrected chi connectivity index (χ3v) is 5.32. The van der Waals surface area contributed by atoms with Gasteiger partial charge in [-0.15, -0.1) is 0 Å². The van der Waals surface area contributed by atoms with E-state index in [1.165, 1.54) is 5.56 Å². The zero-order valence-electron chi connectivity index (χ0n) is 17.6. The van der Waals surface area contributed by atoms with Gasteiger partial charge in [-0.3, -0.25) is 0 Å². The highest BCUT2D eigenvalue weighted by Crippen LogP contribution is 2.35. The smallest absolute Gasteiger partial charge is 0.164 e. The SMILES string of the molecule is CC1(C)O[C@H](CCCc2ccccc2)C[C@H](C[C@@H]2C[C@H](C=O)OC(C)(C)O2)O1. The first kappa shape index (κ1) is 21.4. The highest BCUT2D eigenvalue weighted by Gasteiger charge is 2.40. The molecule has 2 aliphatic heterocycles. The van der Waals surface area contributed by atoms with Crippen LogP contribution in [0.15, 0.2) is 30.3 Å². The first-order valence-electron chi connectivity index (χ1n) is 10.5. The second-order valence-corrected chi connectivity index (χ2v) is 8.90. The fourth-order valence-electron chi connectivity index (χ4n) is 4.39. The van der Waals surface area contributed by atoms with Crippen LogP contribution in [-0.4, -0.2) is 42.3 Å². The molecule has 2 aliphatic rings. The number of hydrogen-bond donors (Lipinski definition) is 0. The molecule has 0 spiro atoms. The summed E-state index contributed by atoms with van der Waals surface area (Å²) in [6.07, 6.45) is 5.97. The van der Waals surface area contributed by atoms with Crippen LogP contribution in [0.5, 0.6) is 0 Å². The highest BCUT2D eigenvalue weighted by atomic mass is 16.7. The lowest BCUT2D eigenvalue weighted by Crippen LogP contribution is -2.49. The van der Waals surface area contributed by atoms with Crippen LogP contribution in [0.4, 0.5) is 0 Å². The van der Waals surface area contributed by atoms with E-state index in [1.807, 2.05) is 33.8 Å². The van der Waals surface area contributed by atoms with Crippen molar-refractivity contribution in [3.8, 4) is 0 Å². The number of benzene rings is 1. The number of ether oxygens (including phenoxy) is 4. The minimum Gasteiger partial charge on any atom is -0.347 e. The molecule has 0 unspecified atom stereocenters. The number of aldehydes is 1. The molecule has 28 heavy (non-hydrogen) atoms. The van der Waals surface area contributed by atoms with Gasteiger partial charge in [-0.25, -0.2) is 0 Å². The molecular formula is C23H34O5. The first-order valence-corrected chi connectivity index (χ1v) is 10.5. The van der Waals surface area contributed by atoms with Crippen molar-refractivity contribution in [3.05, 3.63) is 35.9 Å². The Hall–Kier alpha value is -1.27. The van der Waals surface area contributed by atoms with Gasteiger partial charge in [-0.05, 0) is 52.5 Å². The molecule has 0 bridgehead atoms. The maximum atomic E-state index is 11.2. The Morgan fingerprint density at radius 1 is 0.893 bits per heavy atom. The van der Waals surface area contributed by atoms with E-state index in [0.717, 1.165) is 38.4 Å². The van der Waals surface area contributed by atoms with Crippen LogP contribution < -0.4 is 0 Å². The summed E-state index contributed by atoms with van der Waals surface area (Å²) < 4.78 is 24.0. The molecule has 0 aromatic heterocycles. The number of rotatable bonds is 7. The maximum Gasteiger partial charge on any atom is 0.164 e. The van der Waals surface area contributed by atoms with E-state index in [9.17, 15) is 4.79 Å². The fourth-order valence-corrected chi connectivity index (χ4v) is 4.39. The number of hydrogen-bond acceptors (Lipinski definition) is 5. The first-order chi connectivity index (χ1) is 13.2. The molecule has 4 atom stereocenters. The van der Waals surface area contributed by atoms with Crippen LogP contribution in [0, 0.1) is 0 Å². The van der Waals surface area contributed by atoms with E-state index >= 15 is 0 Å². The van der Waals surface area contributed by atoms with E-state index in [2.05, 4.69) is 24.3 Å². The van der Waals surface area contributed by atoms with Crippen molar-refractivity contribution >= 4 is 6.29 Å². The predicted octanol–water partition coefficient (Wildman–Crippen LogP) is 4.42. The van der Waals surface area contributed by atoms with Crippen LogP contribution in [0.25, 0.3) is 0 Å². The molecule has 2 saturated heterocycles. The van der Waals surface area contributed by atoms with Crippen molar-refractivity contribution in [1.29, 1.82) is 0 Å². The molecule has 156 valence electrons. The zero-order valence-corrected chi connectivity index (χ0v) is 17.6. The van der Waals surface area contributed by atoms with Gasteiger partial charge in [0.25, 0.3) is 0 Å². The quantitative estimate of drug-likeness (QED) is 0.645. The third-order valence-electron chi connectivity index (χ3n) is 5.32. The van der Waals surface area contributed by atoms with Gasteiger partial charge in [0.05, 0.1) is 18.3 Å². The van der Waals surface area contributed by atoms with Gasteiger partial charge in [0.2, 0.25) is 0 Å². The van der Waals surface area contributed by atoms with Crippen molar-refractivity contribution < 1.29 is 23.7 Å². The van der Waals surface area contributed by atoms with Gasteiger partial charge in [0.1, 0.15) is 12.4 Å². The van der Waals surface area contributed by atoms with Gasteiger partial charge in [0, 0.05) is 19.3 Å². The second-order valence-electron chi connectivity index (χ2n) is 8.90. The Bertz CT molecular complexity index is 627. The van der Waals surface area contributed by atoms with Gasteiger partial charge in [-0.2, -0.15) is 0 Å². The third kappa shape index (κ3) is 6.38. The molecule has 0 amide bonds. The molecule has 1 aromatic rings. The highest BCUT2D eigenvalue weighted by molar-refractivity contribution is 5.56. The van der Waals surface area contributed by atoms with Crippen LogP contribution in [0.1, 0.15) is 65.4 Å². The monoisotopic (exact) mass is 390 g/mol. The molecule has 0 aliphatic carbocycles. The number of aryl methyl sites for hydroxylation is 1. The van der Waals surface area contributed by atoms with E-state index in [0.29, 0.717) is 6.42 Å². The lowest BCUT2D eigenvalue weighted by Gasteiger charge is -2.44. The van der Waals surface area contributed by atoms with Crippen LogP contribution in [0.3, 0.4) is 0 Å². The summed E-state index contributed by atoms with van der Waals surface area (Å²) in [4.78, 5) is 11.2. The lowest BCUT2D eigenvalue weighted by atomic mass is 9.95. The Morgan fingerprint density at radius 2 is 1.50 bits per heavy atom. The summed E-state index contributed by atoms with van der Waals surface area (Å²) in [5, 5.41) is 0. The lowest BCUT2D eigenvalue weighted by molar-refractivity contribution is -0.321. The minimum atomic E-state index is -0.746. The van der Waals surface area contributed by atoms with Crippen molar-refractivity contribution in [1.82, 2.24) is 0 Å². The maximum absolute atomic E-state index is 11.2. The molecule has 5 heteroatoms. The molecule has 1 aromatic carbocycles. The van der Waals surface area contributed by atoms with E-state index in [4.69, 9.17) is 18.9 Å². The van der Waals surface area contributed by atoms with Gasteiger partial charge < -0.3 is 23.7 Å². The second kappa shape index (κ2) is 9.04. The standard InChI is InChI=1S/C23H34O5/c1-22(2)25-18(12-8-11-17-9-6-5-7-10-17)13-19(26-22)14-20-15-21(16-24)28-23(3,4)27-20/h5-7,9-10,16,18-21H,8,11-15H2,1-4H3/t18-,19-,20-,21-/m1/s1. The average Bonchev–Trinajstić information content (AvgIpc) is 2.60. The largest absolute Gasteiger partial charge is 0.347 e. The van der Waals surface area contributed by atoms with Crippen molar-refractivity contribution in [2.24, 2.45) is 0 Å². The molecule has 2 heterocycles. The zero-order chi connectivity index (χ0) is 20.2. The molecule has 0 radical (unpaired) electrons. The molecule has 0 N–H and O–H groups in total. The predicted molar refractivity (Wildman–Crippen MR) is 107 cm³/mol. The summed E-state index contributed by atoms with van der Waals surface area (Å²) in [6.45, 7) is 7.67. The Labute approximate surface area is 168 Å². The molecule has 2 fully saturated rings. The fraction of sp³-hybridized carbons (Fsp3) is 0.696. The normalized spacial score (nSPS) is 32.0. The van der Waals surface area contributed by atoms with Crippen LogP contribution in [0.2, 0.25) is 0 Å². The number of carbonyl (C=O) groups is 1. The summed E-state index contributed by atoms with van der Waals surface area (Å²) in [6, 6.07) is 10.6. The van der Waals surface area contributed by atoms with Gasteiger partial charge >= 0.3 is 0 Å². The van der Waals surface area contributed by atoms with E-state index in [1.54, 1.807) is 0 Å². The van der Waals surface area contributed by atoms with Gasteiger partial charge in [0.15, 0.2) is 11.6 Å². The Kier molecular flexibility index (Phi) is 6.92. The average molecular weight is 391 g/mol. The molecule has 3 rings (SSSR count). The number of carbonyl (C=O) groups excluding carboxylic acids is 1. The van der Waals surface area contributed by atoms with Crippen LogP contribution in [-0.2, 0) is 30.2 Å². The Balaban J connectivity index is 1.53. The molecule has 0 saturated carbocycles. The summed E-state index contributed by atoms with van der Waals surface area (Å²) >= 11 is 0. The Morgan fingerprint density at radius 3 is 2.18 bits per heavy atom. The summed E-state index contributed by atoms with van der Waals surface area (Å²) in [7, 11) is 0. The minimum absolute atomic E-state index is 0.0525. The summed E-state index contributed by atoms with van der Waals surface area (Å²) in [5.74, 6) is -1.35. The van der Waals surface area contributed by atoms with Crippen molar-refractivity contribution in [3.63, 3.8) is 0 Å². The van der Waals surface area contributed by atoms with E-state index < -0.39 is 17.7 Å². The van der Waals surface area contributed by atoms with E-state index in [-0.39, 0.29) is 18.3 Å². The molecule has 5 nitrogen and oxygen atoms in total. The van der Waals surface area contributed by atoms with Gasteiger partial charge in [-0.1, -0.05) is 30.3 Å². The van der Waals surface area contributed by atoms with Crippen molar-refractivity contribution in [2.45, 2.75) is 102 Å². The van der Waals surface area contributed by atoms with Crippen molar-refractivity contribution in [2.75, 3.05) is 0 Å². The van der Waals surface area contributed by atoms with Crippen LogP contribution >= 0.6 is 0 Å². The summed E-state index contributed by atoms with van der Waals surface area (Å²) in [5.41, 5.74) is 1.36. The topological polar surface area (TPSA) is 54.0 Å².